The molecule has 2 aliphatic heterocycles. The highest BCUT2D eigenvalue weighted by atomic mass is 16.8. The van der Waals surface area contributed by atoms with Gasteiger partial charge in [0.15, 0.2) is 5.79 Å². The summed E-state index contributed by atoms with van der Waals surface area (Å²) in [5, 5.41) is 20.8. The molecular formula is C22H25NO8. The van der Waals surface area contributed by atoms with Crippen molar-refractivity contribution in [3.63, 3.8) is 0 Å². The summed E-state index contributed by atoms with van der Waals surface area (Å²) < 4.78 is 30.2. The Balaban J connectivity index is 1.57. The van der Waals surface area contributed by atoms with Crippen molar-refractivity contribution >= 4 is 5.69 Å². The fourth-order valence-electron chi connectivity index (χ4n) is 3.80. The molecule has 1 N–H and O–H groups in total. The van der Waals surface area contributed by atoms with E-state index in [1.165, 1.54) is 24.3 Å². The smallest absolute Gasteiger partial charge is 0.269 e. The van der Waals surface area contributed by atoms with Crippen LogP contribution in [0.3, 0.4) is 0 Å². The average molecular weight is 431 g/mol. The van der Waals surface area contributed by atoms with E-state index in [0.717, 1.165) is 5.56 Å². The number of aliphatic hydroxyl groups excluding tert-OH is 1. The van der Waals surface area contributed by atoms with E-state index in [2.05, 4.69) is 0 Å². The predicted molar refractivity (Wildman–Crippen MR) is 108 cm³/mol. The minimum atomic E-state index is -0.916. The van der Waals surface area contributed by atoms with Crippen LogP contribution in [0.4, 0.5) is 5.69 Å². The van der Waals surface area contributed by atoms with Crippen LogP contribution in [0.25, 0.3) is 0 Å². The Labute approximate surface area is 179 Å². The molecular weight excluding hydrogens is 406 g/mol. The Morgan fingerprint density at radius 2 is 1.74 bits per heavy atom. The van der Waals surface area contributed by atoms with Crippen LogP contribution in [0.1, 0.15) is 19.4 Å². The second-order valence-electron chi connectivity index (χ2n) is 7.92. The van der Waals surface area contributed by atoms with Crippen LogP contribution in [-0.2, 0) is 25.6 Å². The highest BCUT2D eigenvalue weighted by Crippen LogP contribution is 2.39. The summed E-state index contributed by atoms with van der Waals surface area (Å²) in [7, 11) is 0. The van der Waals surface area contributed by atoms with Crippen molar-refractivity contribution in [3.8, 4) is 5.75 Å². The quantitative estimate of drug-likeness (QED) is 0.527. The number of ether oxygens (including phenoxy) is 5. The molecule has 2 aromatic carbocycles. The third-order valence-corrected chi connectivity index (χ3v) is 5.20. The fraction of sp³-hybridized carbons (Fsp3) is 0.455. The Hall–Kier alpha value is -2.56. The van der Waals surface area contributed by atoms with Crippen LogP contribution in [0.15, 0.2) is 54.6 Å². The van der Waals surface area contributed by atoms with Gasteiger partial charge in [-0.1, -0.05) is 30.3 Å². The highest BCUT2D eigenvalue weighted by Gasteiger charge is 2.56. The molecule has 0 spiro atoms. The van der Waals surface area contributed by atoms with E-state index >= 15 is 0 Å². The van der Waals surface area contributed by atoms with E-state index in [-0.39, 0.29) is 12.3 Å². The number of nitrogens with zero attached hydrogens (tertiary/aromatic N) is 1. The van der Waals surface area contributed by atoms with Gasteiger partial charge in [-0.15, -0.1) is 0 Å². The molecule has 0 unspecified atom stereocenters. The largest absolute Gasteiger partial charge is 0.462 e. The monoisotopic (exact) mass is 431 g/mol. The van der Waals surface area contributed by atoms with Crippen molar-refractivity contribution in [3.05, 3.63) is 70.3 Å². The maximum Gasteiger partial charge on any atom is 0.269 e. The number of fused-ring (bicyclic) bond motifs is 1. The molecule has 5 atom stereocenters. The summed E-state index contributed by atoms with van der Waals surface area (Å²) in [6.07, 6.45) is -3.32. The van der Waals surface area contributed by atoms with Crippen LogP contribution in [-0.4, -0.2) is 53.1 Å². The van der Waals surface area contributed by atoms with Crippen molar-refractivity contribution in [1.29, 1.82) is 0 Å². The minimum absolute atomic E-state index is 0.0450. The Morgan fingerprint density at radius 3 is 2.39 bits per heavy atom. The normalized spacial score (nSPS) is 29.3. The molecule has 0 bridgehead atoms. The lowest BCUT2D eigenvalue weighted by Gasteiger charge is -2.41. The fourth-order valence-corrected chi connectivity index (χ4v) is 3.80. The van der Waals surface area contributed by atoms with Crippen molar-refractivity contribution in [1.82, 2.24) is 0 Å². The first kappa shape index (κ1) is 21.7. The molecule has 2 aliphatic rings. The molecule has 0 saturated carbocycles. The molecule has 2 heterocycles. The number of aliphatic hydroxyl groups is 1. The van der Waals surface area contributed by atoms with Crippen LogP contribution in [0.5, 0.6) is 5.75 Å². The first-order valence-corrected chi connectivity index (χ1v) is 10.0. The molecule has 166 valence electrons. The van der Waals surface area contributed by atoms with Crippen LogP contribution in [0.2, 0.25) is 0 Å². The topological polar surface area (TPSA) is 110 Å². The predicted octanol–water partition coefficient (Wildman–Crippen LogP) is 2.80. The van der Waals surface area contributed by atoms with E-state index in [1.54, 1.807) is 13.8 Å². The molecule has 2 fully saturated rings. The molecule has 4 rings (SSSR count). The number of hydrogen-bond acceptors (Lipinski definition) is 8. The van der Waals surface area contributed by atoms with Gasteiger partial charge in [-0.25, -0.2) is 0 Å². The zero-order chi connectivity index (χ0) is 22.0. The van der Waals surface area contributed by atoms with Crippen LogP contribution >= 0.6 is 0 Å². The summed E-state index contributed by atoms with van der Waals surface area (Å²) in [6, 6.07) is 15.3. The number of nitro benzene ring substituents is 1. The number of non-ortho nitro benzene ring substituents is 1. The second-order valence-corrected chi connectivity index (χ2v) is 7.92. The van der Waals surface area contributed by atoms with E-state index in [9.17, 15) is 15.2 Å². The van der Waals surface area contributed by atoms with Crippen molar-refractivity contribution < 1.29 is 33.7 Å². The number of benzene rings is 2. The van der Waals surface area contributed by atoms with Crippen molar-refractivity contribution in [2.75, 3.05) is 6.61 Å². The molecule has 2 aromatic rings. The maximum absolute atomic E-state index is 10.9. The summed E-state index contributed by atoms with van der Waals surface area (Å²) in [5.41, 5.74) is 0.923. The van der Waals surface area contributed by atoms with E-state index in [4.69, 9.17) is 23.7 Å². The lowest BCUT2D eigenvalue weighted by Crippen LogP contribution is -2.59. The lowest BCUT2D eigenvalue weighted by molar-refractivity contribution is -0.384. The minimum Gasteiger partial charge on any atom is -0.462 e. The van der Waals surface area contributed by atoms with Gasteiger partial charge in [-0.2, -0.15) is 0 Å². The lowest BCUT2D eigenvalue weighted by atomic mass is 9.99. The standard InChI is InChI=1S/C22H25NO8/c1-22(2)30-18-17(12-24)29-21(28-16-10-8-15(9-11-16)23(25)26)20(19(18)31-22)27-13-14-6-4-3-5-7-14/h3-11,17-21,24H,12-13H2,1-2H3/t17-,18+,19+,20-,21-/m1/s1. The summed E-state index contributed by atoms with van der Waals surface area (Å²) in [4.78, 5) is 10.4. The van der Waals surface area contributed by atoms with Gasteiger partial charge in [0.2, 0.25) is 6.29 Å². The van der Waals surface area contributed by atoms with Gasteiger partial charge < -0.3 is 28.8 Å². The van der Waals surface area contributed by atoms with Crippen LogP contribution < -0.4 is 4.74 Å². The first-order valence-electron chi connectivity index (χ1n) is 10.0. The summed E-state index contributed by atoms with van der Waals surface area (Å²) >= 11 is 0. The maximum atomic E-state index is 10.9. The van der Waals surface area contributed by atoms with Gasteiger partial charge in [0.1, 0.15) is 30.2 Å². The van der Waals surface area contributed by atoms with Crippen molar-refractivity contribution in [2.24, 2.45) is 0 Å². The highest BCUT2D eigenvalue weighted by molar-refractivity contribution is 5.36. The van der Waals surface area contributed by atoms with Crippen LogP contribution in [0, 0.1) is 10.1 Å². The molecule has 0 radical (unpaired) electrons. The second kappa shape index (κ2) is 8.89. The van der Waals surface area contributed by atoms with Gasteiger partial charge in [-0.05, 0) is 31.5 Å². The number of hydrogen-bond donors (Lipinski definition) is 1. The Bertz CT molecular complexity index is 888. The van der Waals surface area contributed by atoms with E-state index in [1.807, 2.05) is 30.3 Å². The molecule has 0 aromatic heterocycles. The van der Waals surface area contributed by atoms with Gasteiger partial charge in [-0.3, -0.25) is 10.1 Å². The third-order valence-electron chi connectivity index (χ3n) is 5.20. The molecule has 2 saturated heterocycles. The average Bonchev–Trinajstić information content (AvgIpc) is 3.08. The summed E-state index contributed by atoms with van der Waals surface area (Å²) in [6.45, 7) is 3.60. The van der Waals surface area contributed by atoms with Gasteiger partial charge >= 0.3 is 0 Å². The van der Waals surface area contributed by atoms with Gasteiger partial charge in [0.25, 0.3) is 5.69 Å². The third kappa shape index (κ3) is 4.86. The number of nitro groups is 1. The van der Waals surface area contributed by atoms with Crippen molar-refractivity contribution in [2.45, 2.75) is 56.9 Å². The van der Waals surface area contributed by atoms with Gasteiger partial charge in [0, 0.05) is 12.1 Å². The molecule has 31 heavy (non-hydrogen) atoms. The molecule has 9 nitrogen and oxygen atoms in total. The Kier molecular flexibility index (Phi) is 6.22. The molecule has 0 amide bonds. The molecule has 9 heteroatoms. The molecule has 0 aliphatic carbocycles. The zero-order valence-electron chi connectivity index (χ0n) is 17.2. The zero-order valence-corrected chi connectivity index (χ0v) is 17.2. The van der Waals surface area contributed by atoms with E-state index in [0.29, 0.717) is 12.4 Å². The SMILES string of the molecule is CC1(C)O[C@H]2[C@@H](O1)[C@@H](CO)O[C@@H](Oc1ccc([N+](=O)[O-])cc1)[C@@H]2OCc1ccccc1. The Morgan fingerprint density at radius 1 is 1.06 bits per heavy atom. The van der Waals surface area contributed by atoms with E-state index < -0.39 is 41.4 Å². The number of rotatable bonds is 7. The summed E-state index contributed by atoms with van der Waals surface area (Å²) in [5.74, 6) is -0.500. The van der Waals surface area contributed by atoms with Gasteiger partial charge in [0.05, 0.1) is 18.1 Å². The first-order chi connectivity index (χ1) is 14.9.